The molecule has 1 aromatic carbocycles. The van der Waals surface area contributed by atoms with Crippen LogP contribution >= 0.6 is 11.3 Å². The van der Waals surface area contributed by atoms with Crippen LogP contribution in [-0.2, 0) is 11.3 Å². The number of hydrogen-bond acceptors (Lipinski definition) is 6. The van der Waals surface area contributed by atoms with Gasteiger partial charge in [-0.25, -0.2) is 4.98 Å². The number of carbonyl (C=O) groups is 1. The SMILES string of the molecule is CNc1ncccc1CN1CCO[C@H](c2c(C(=O)NC(C)C)sc3ccccc23)C1. The molecule has 1 aliphatic rings. The van der Waals surface area contributed by atoms with Crippen molar-refractivity contribution >= 4 is 33.1 Å². The number of carbonyl (C=O) groups excluding carboxylic acids is 1. The molecule has 0 bridgehead atoms. The van der Waals surface area contributed by atoms with Crippen molar-refractivity contribution in [3.05, 3.63) is 58.6 Å². The van der Waals surface area contributed by atoms with Crippen molar-refractivity contribution in [2.45, 2.75) is 32.5 Å². The summed E-state index contributed by atoms with van der Waals surface area (Å²) in [6.45, 7) is 6.98. The fourth-order valence-corrected chi connectivity index (χ4v) is 5.09. The molecule has 1 amide bonds. The molecule has 30 heavy (non-hydrogen) atoms. The van der Waals surface area contributed by atoms with E-state index in [1.54, 1.807) is 17.5 Å². The third kappa shape index (κ3) is 4.33. The van der Waals surface area contributed by atoms with Gasteiger partial charge in [-0.05, 0) is 31.4 Å². The predicted octanol–water partition coefficient (Wildman–Crippen LogP) is 4.05. The molecule has 0 saturated carbocycles. The summed E-state index contributed by atoms with van der Waals surface area (Å²) < 4.78 is 7.32. The molecule has 0 radical (unpaired) electrons. The summed E-state index contributed by atoms with van der Waals surface area (Å²) in [5.41, 5.74) is 2.17. The topological polar surface area (TPSA) is 66.5 Å². The first-order valence-electron chi connectivity index (χ1n) is 10.3. The molecule has 2 aromatic heterocycles. The van der Waals surface area contributed by atoms with Crippen LogP contribution in [0, 0.1) is 0 Å². The summed E-state index contributed by atoms with van der Waals surface area (Å²) in [5.74, 6) is 0.880. The molecule has 7 heteroatoms. The Balaban J connectivity index is 1.63. The van der Waals surface area contributed by atoms with E-state index in [-0.39, 0.29) is 18.1 Å². The van der Waals surface area contributed by atoms with Gasteiger partial charge >= 0.3 is 0 Å². The van der Waals surface area contributed by atoms with Crippen molar-refractivity contribution in [3.8, 4) is 0 Å². The van der Waals surface area contributed by atoms with Gasteiger partial charge < -0.3 is 15.4 Å². The Morgan fingerprint density at radius 3 is 2.93 bits per heavy atom. The second-order valence-electron chi connectivity index (χ2n) is 7.82. The van der Waals surface area contributed by atoms with Crippen LogP contribution < -0.4 is 10.6 Å². The maximum atomic E-state index is 13.0. The lowest BCUT2D eigenvalue weighted by Crippen LogP contribution is -2.39. The zero-order valence-corrected chi connectivity index (χ0v) is 18.5. The fraction of sp³-hybridized carbons (Fsp3) is 0.391. The summed E-state index contributed by atoms with van der Waals surface area (Å²) in [5, 5.41) is 7.33. The number of pyridine rings is 1. The molecule has 1 saturated heterocycles. The maximum absolute atomic E-state index is 13.0. The average Bonchev–Trinajstić information content (AvgIpc) is 3.14. The van der Waals surface area contributed by atoms with E-state index < -0.39 is 0 Å². The minimum absolute atomic E-state index is 0.0216. The number of ether oxygens (including phenoxy) is 1. The number of hydrogen-bond donors (Lipinski definition) is 2. The number of amides is 1. The van der Waals surface area contributed by atoms with Crippen molar-refractivity contribution in [3.63, 3.8) is 0 Å². The predicted molar refractivity (Wildman–Crippen MR) is 122 cm³/mol. The second kappa shape index (κ2) is 9.12. The van der Waals surface area contributed by atoms with Crippen molar-refractivity contribution in [1.82, 2.24) is 15.2 Å². The zero-order chi connectivity index (χ0) is 21.1. The van der Waals surface area contributed by atoms with Crippen molar-refractivity contribution in [2.24, 2.45) is 0 Å². The van der Waals surface area contributed by atoms with Crippen molar-refractivity contribution in [1.29, 1.82) is 0 Å². The Kier molecular flexibility index (Phi) is 6.32. The number of fused-ring (bicyclic) bond motifs is 1. The highest BCUT2D eigenvalue weighted by Gasteiger charge is 2.30. The Morgan fingerprint density at radius 1 is 1.30 bits per heavy atom. The normalized spacial score (nSPS) is 17.4. The van der Waals surface area contributed by atoms with E-state index in [4.69, 9.17) is 4.74 Å². The van der Waals surface area contributed by atoms with Gasteiger partial charge in [0.05, 0.1) is 17.6 Å². The number of thiophene rings is 1. The van der Waals surface area contributed by atoms with Gasteiger partial charge in [-0.3, -0.25) is 9.69 Å². The number of nitrogens with one attached hydrogen (secondary N) is 2. The standard InChI is InChI=1S/C23H28N4O2S/c1-15(2)26-23(28)21-20(17-8-4-5-9-19(17)30-21)18-14-27(11-12-29-18)13-16-7-6-10-25-22(16)24-3/h4-10,15,18H,11-14H2,1-3H3,(H,24,25)(H,26,28)/t18-/m0/s1. The van der Waals surface area contributed by atoms with Gasteiger partial charge in [0.15, 0.2) is 0 Å². The summed E-state index contributed by atoms with van der Waals surface area (Å²) in [7, 11) is 1.89. The van der Waals surface area contributed by atoms with Crippen LogP contribution in [0.15, 0.2) is 42.6 Å². The van der Waals surface area contributed by atoms with Gasteiger partial charge in [-0.1, -0.05) is 24.3 Å². The maximum Gasteiger partial charge on any atom is 0.261 e. The Hall–Kier alpha value is -2.48. The highest BCUT2D eigenvalue weighted by Crippen LogP contribution is 2.38. The molecule has 6 nitrogen and oxygen atoms in total. The van der Waals surface area contributed by atoms with Gasteiger partial charge in [0, 0.05) is 54.7 Å². The van der Waals surface area contributed by atoms with Gasteiger partial charge in [-0.2, -0.15) is 0 Å². The van der Waals surface area contributed by atoms with E-state index in [1.807, 2.05) is 39.1 Å². The van der Waals surface area contributed by atoms with Crippen LogP contribution in [0.25, 0.3) is 10.1 Å². The molecule has 3 aromatic rings. The first-order chi connectivity index (χ1) is 14.6. The quantitative estimate of drug-likeness (QED) is 0.625. The van der Waals surface area contributed by atoms with E-state index in [9.17, 15) is 4.79 Å². The first kappa shape index (κ1) is 20.8. The summed E-state index contributed by atoms with van der Waals surface area (Å²) >= 11 is 1.55. The number of aromatic nitrogens is 1. The molecule has 1 aliphatic heterocycles. The van der Waals surface area contributed by atoms with Gasteiger partial charge in [0.2, 0.25) is 0 Å². The van der Waals surface area contributed by atoms with Gasteiger partial charge in [-0.15, -0.1) is 11.3 Å². The number of benzene rings is 1. The number of nitrogens with zero attached hydrogens (tertiary/aromatic N) is 2. The molecule has 3 heterocycles. The largest absolute Gasteiger partial charge is 0.373 e. The van der Waals surface area contributed by atoms with Gasteiger partial charge in [0.1, 0.15) is 5.82 Å². The second-order valence-corrected chi connectivity index (χ2v) is 8.88. The number of anilines is 1. The first-order valence-corrected chi connectivity index (χ1v) is 11.2. The third-order valence-electron chi connectivity index (χ3n) is 5.25. The van der Waals surface area contributed by atoms with Crippen LogP contribution in [0.3, 0.4) is 0 Å². The van der Waals surface area contributed by atoms with Crippen LogP contribution in [0.2, 0.25) is 0 Å². The monoisotopic (exact) mass is 424 g/mol. The smallest absolute Gasteiger partial charge is 0.261 e. The lowest BCUT2D eigenvalue weighted by atomic mass is 10.0. The summed E-state index contributed by atoms with van der Waals surface area (Å²) in [4.78, 5) is 20.5. The lowest BCUT2D eigenvalue weighted by Gasteiger charge is -2.33. The van der Waals surface area contributed by atoms with E-state index in [0.717, 1.165) is 51.5 Å². The van der Waals surface area contributed by atoms with Crippen LogP contribution in [0.1, 0.15) is 40.8 Å². The lowest BCUT2D eigenvalue weighted by molar-refractivity contribution is -0.0322. The number of rotatable bonds is 6. The highest BCUT2D eigenvalue weighted by molar-refractivity contribution is 7.21. The minimum Gasteiger partial charge on any atom is -0.373 e. The molecule has 0 unspecified atom stereocenters. The fourth-order valence-electron chi connectivity index (χ4n) is 3.93. The Bertz CT molecular complexity index is 1030. The minimum atomic E-state index is -0.141. The van der Waals surface area contributed by atoms with E-state index in [0.29, 0.717) is 6.61 Å². The molecule has 4 rings (SSSR count). The molecular formula is C23H28N4O2S. The average molecular weight is 425 g/mol. The Labute approximate surface area is 181 Å². The van der Waals surface area contributed by atoms with Crippen LogP contribution in [0.5, 0.6) is 0 Å². The molecular weight excluding hydrogens is 396 g/mol. The third-order valence-corrected chi connectivity index (χ3v) is 6.44. The van der Waals surface area contributed by atoms with E-state index in [2.05, 4.69) is 38.7 Å². The van der Waals surface area contributed by atoms with E-state index in [1.165, 1.54) is 0 Å². The van der Waals surface area contributed by atoms with Gasteiger partial charge in [0.25, 0.3) is 5.91 Å². The Morgan fingerprint density at radius 2 is 2.13 bits per heavy atom. The van der Waals surface area contributed by atoms with Crippen molar-refractivity contribution in [2.75, 3.05) is 32.1 Å². The highest BCUT2D eigenvalue weighted by atomic mass is 32.1. The molecule has 2 N–H and O–H groups in total. The van der Waals surface area contributed by atoms with Crippen LogP contribution in [0.4, 0.5) is 5.82 Å². The zero-order valence-electron chi connectivity index (χ0n) is 17.6. The molecule has 0 aliphatic carbocycles. The van der Waals surface area contributed by atoms with Crippen LogP contribution in [-0.4, -0.2) is 48.6 Å². The van der Waals surface area contributed by atoms with E-state index >= 15 is 0 Å². The summed E-state index contributed by atoms with van der Waals surface area (Å²) in [6.07, 6.45) is 1.66. The molecule has 158 valence electrons. The number of morpholine rings is 1. The van der Waals surface area contributed by atoms with Crippen molar-refractivity contribution < 1.29 is 9.53 Å². The molecule has 1 atom stereocenters. The molecule has 1 fully saturated rings. The summed E-state index contributed by atoms with van der Waals surface area (Å²) in [6, 6.07) is 12.4. The molecule has 0 spiro atoms.